The van der Waals surface area contributed by atoms with Gasteiger partial charge in [0, 0.05) is 18.7 Å². The second-order valence-electron chi connectivity index (χ2n) is 5.46. The first-order chi connectivity index (χ1) is 11.3. The summed E-state index contributed by atoms with van der Waals surface area (Å²) in [6.07, 6.45) is -4.40. The van der Waals surface area contributed by atoms with Gasteiger partial charge in [-0.2, -0.15) is 18.3 Å². The number of carbonyl (C=O) groups is 1. The predicted octanol–water partition coefficient (Wildman–Crippen LogP) is 2.95. The van der Waals surface area contributed by atoms with Crippen molar-refractivity contribution in [3.05, 3.63) is 42.2 Å². The molecule has 5 nitrogen and oxygen atoms in total. The molecule has 0 unspecified atom stereocenters. The van der Waals surface area contributed by atoms with Gasteiger partial charge in [-0.3, -0.25) is 4.79 Å². The van der Waals surface area contributed by atoms with Crippen molar-refractivity contribution in [2.24, 2.45) is 0 Å². The summed E-state index contributed by atoms with van der Waals surface area (Å²) in [5.74, 6) is -0.377. The van der Waals surface area contributed by atoms with Crippen LogP contribution in [0.1, 0.15) is 12.1 Å². The third-order valence-corrected chi connectivity index (χ3v) is 3.71. The molecule has 0 bridgehead atoms. The summed E-state index contributed by atoms with van der Waals surface area (Å²) >= 11 is 0. The van der Waals surface area contributed by atoms with Gasteiger partial charge in [0.25, 0.3) is 0 Å². The maximum Gasteiger partial charge on any atom is 0.433 e. The Hall–Kier alpha value is -2.13. The topological polar surface area (TPSA) is 59.0 Å². The van der Waals surface area contributed by atoms with Crippen LogP contribution >= 0.6 is 12.4 Å². The third kappa shape index (κ3) is 4.29. The van der Waals surface area contributed by atoms with E-state index >= 15 is 0 Å². The number of carbonyl (C=O) groups excluding carboxylic acids is 1. The van der Waals surface area contributed by atoms with E-state index in [4.69, 9.17) is 0 Å². The van der Waals surface area contributed by atoms with Gasteiger partial charge in [-0.05, 0) is 30.3 Å². The van der Waals surface area contributed by atoms with Crippen molar-refractivity contribution in [2.45, 2.75) is 24.8 Å². The summed E-state index contributed by atoms with van der Waals surface area (Å²) < 4.78 is 52.5. The van der Waals surface area contributed by atoms with Crippen LogP contribution < -0.4 is 10.6 Å². The van der Waals surface area contributed by atoms with Gasteiger partial charge < -0.3 is 10.6 Å². The Labute approximate surface area is 146 Å². The van der Waals surface area contributed by atoms with Crippen molar-refractivity contribution in [1.29, 1.82) is 0 Å². The molecule has 1 saturated heterocycles. The van der Waals surface area contributed by atoms with E-state index in [1.54, 1.807) is 0 Å². The molecule has 1 amide bonds. The number of anilines is 1. The average Bonchev–Trinajstić information content (AvgIpc) is 3.16. The van der Waals surface area contributed by atoms with E-state index in [-0.39, 0.29) is 37.0 Å². The lowest BCUT2D eigenvalue weighted by atomic mass is 10.2. The highest BCUT2D eigenvalue weighted by Crippen LogP contribution is 2.30. The van der Waals surface area contributed by atoms with E-state index in [0.717, 1.165) is 16.9 Å². The lowest BCUT2D eigenvalue weighted by Gasteiger charge is -2.13. The van der Waals surface area contributed by atoms with Gasteiger partial charge in [-0.15, -0.1) is 12.4 Å². The fraction of sp³-hybridized carbons (Fsp3) is 0.333. The van der Waals surface area contributed by atoms with E-state index < -0.39 is 24.1 Å². The minimum atomic E-state index is -4.51. The Balaban J connectivity index is 0.00000225. The van der Waals surface area contributed by atoms with E-state index in [1.807, 2.05) is 0 Å². The van der Waals surface area contributed by atoms with Crippen LogP contribution in [0.5, 0.6) is 0 Å². The minimum Gasteiger partial charge on any atom is -0.325 e. The number of nitrogens with one attached hydrogen (secondary N) is 2. The van der Waals surface area contributed by atoms with Gasteiger partial charge in [-0.1, -0.05) is 0 Å². The molecular weight excluding hydrogens is 364 g/mol. The lowest BCUT2D eigenvalue weighted by Crippen LogP contribution is -2.35. The molecule has 25 heavy (non-hydrogen) atoms. The Morgan fingerprint density at radius 3 is 2.48 bits per heavy atom. The van der Waals surface area contributed by atoms with E-state index in [9.17, 15) is 22.4 Å². The fourth-order valence-corrected chi connectivity index (χ4v) is 2.53. The molecule has 2 N–H and O–H groups in total. The van der Waals surface area contributed by atoms with Crippen molar-refractivity contribution in [2.75, 3.05) is 11.9 Å². The quantitative estimate of drug-likeness (QED) is 0.807. The number of rotatable bonds is 3. The van der Waals surface area contributed by atoms with Crippen molar-refractivity contribution in [3.63, 3.8) is 0 Å². The first-order valence-corrected chi connectivity index (χ1v) is 7.24. The van der Waals surface area contributed by atoms with Crippen LogP contribution in [0.15, 0.2) is 36.5 Å². The maximum absolute atomic E-state index is 13.1. The molecule has 1 aliphatic heterocycles. The second kappa shape index (κ2) is 7.40. The summed E-state index contributed by atoms with van der Waals surface area (Å²) in [5.41, 5.74) is -0.259. The van der Waals surface area contributed by atoms with Crippen LogP contribution in [0.2, 0.25) is 0 Å². The van der Waals surface area contributed by atoms with Gasteiger partial charge in [0.15, 0.2) is 0 Å². The molecule has 2 heterocycles. The van der Waals surface area contributed by atoms with Crippen molar-refractivity contribution < 1.29 is 22.4 Å². The number of aromatic nitrogens is 2. The smallest absolute Gasteiger partial charge is 0.325 e. The molecule has 0 saturated carbocycles. The number of halogens is 5. The van der Waals surface area contributed by atoms with Crippen LogP contribution in [0.25, 0.3) is 5.69 Å². The van der Waals surface area contributed by atoms with Crippen LogP contribution in [-0.2, 0) is 11.0 Å². The Morgan fingerprint density at radius 1 is 1.24 bits per heavy atom. The van der Waals surface area contributed by atoms with Gasteiger partial charge in [0.2, 0.25) is 5.91 Å². The summed E-state index contributed by atoms with van der Waals surface area (Å²) in [4.78, 5) is 12.0. The number of hydrogen-bond donors (Lipinski definition) is 2. The highest BCUT2D eigenvalue weighted by Gasteiger charge is 2.35. The highest BCUT2D eigenvalue weighted by atomic mass is 35.5. The van der Waals surface area contributed by atoms with E-state index in [0.29, 0.717) is 5.69 Å². The minimum absolute atomic E-state index is 0. The molecule has 1 aromatic heterocycles. The van der Waals surface area contributed by atoms with Gasteiger partial charge in [0.05, 0.1) is 17.9 Å². The molecule has 136 valence electrons. The molecule has 2 aromatic rings. The van der Waals surface area contributed by atoms with Crippen molar-refractivity contribution in [1.82, 2.24) is 15.1 Å². The molecule has 2 atom stereocenters. The zero-order chi connectivity index (χ0) is 17.3. The first-order valence-electron chi connectivity index (χ1n) is 7.24. The molecule has 0 spiro atoms. The standard InChI is InChI=1S/C15H14F4N4O.ClH/c16-9-7-12(20-8-9)14(24)22-10-1-3-11(4-2-10)23-13(5-6-21-23)15(17,18)19;/h1-6,9,12,20H,7-8H2,(H,22,24);1H/t9-,12+;/m0./s1. The van der Waals surface area contributed by atoms with Gasteiger partial charge in [-0.25, -0.2) is 9.07 Å². The second-order valence-corrected chi connectivity index (χ2v) is 5.46. The number of nitrogens with zero attached hydrogens (tertiary/aromatic N) is 2. The van der Waals surface area contributed by atoms with Crippen LogP contribution in [0, 0.1) is 0 Å². The van der Waals surface area contributed by atoms with E-state index in [1.165, 1.54) is 24.3 Å². The highest BCUT2D eigenvalue weighted by molar-refractivity contribution is 5.95. The molecule has 10 heteroatoms. The van der Waals surface area contributed by atoms with E-state index in [2.05, 4.69) is 15.7 Å². The summed E-state index contributed by atoms with van der Waals surface area (Å²) in [6.45, 7) is 0.135. The predicted molar refractivity (Wildman–Crippen MR) is 85.7 cm³/mol. The van der Waals surface area contributed by atoms with Crippen molar-refractivity contribution in [3.8, 4) is 5.69 Å². The van der Waals surface area contributed by atoms with Gasteiger partial charge >= 0.3 is 6.18 Å². The largest absolute Gasteiger partial charge is 0.433 e. The molecule has 0 aliphatic carbocycles. The SMILES string of the molecule is Cl.O=C(Nc1ccc(-n2nccc2C(F)(F)F)cc1)[C@H]1C[C@H](F)CN1. The zero-order valence-electron chi connectivity index (χ0n) is 12.8. The van der Waals surface area contributed by atoms with Crippen LogP contribution in [0.4, 0.5) is 23.2 Å². The van der Waals surface area contributed by atoms with Gasteiger partial charge in [0.1, 0.15) is 11.9 Å². The molecule has 0 radical (unpaired) electrons. The number of benzene rings is 1. The first kappa shape index (κ1) is 19.2. The van der Waals surface area contributed by atoms with Crippen LogP contribution in [-0.4, -0.2) is 34.4 Å². The molecular formula is C15H15ClF4N4O. The molecule has 1 aliphatic rings. The van der Waals surface area contributed by atoms with Crippen LogP contribution in [0.3, 0.4) is 0 Å². The lowest BCUT2D eigenvalue weighted by molar-refractivity contribution is -0.142. The zero-order valence-corrected chi connectivity index (χ0v) is 13.6. The maximum atomic E-state index is 13.1. The normalized spacial score (nSPS) is 20.2. The number of hydrogen-bond acceptors (Lipinski definition) is 3. The Morgan fingerprint density at radius 2 is 1.92 bits per heavy atom. The molecule has 1 fully saturated rings. The third-order valence-electron chi connectivity index (χ3n) is 3.71. The summed E-state index contributed by atoms with van der Waals surface area (Å²) in [5, 5.41) is 9.03. The average molecular weight is 379 g/mol. The Bertz CT molecular complexity index is 732. The molecule has 3 rings (SSSR count). The molecule has 1 aromatic carbocycles. The summed E-state index contributed by atoms with van der Waals surface area (Å²) in [7, 11) is 0. The summed E-state index contributed by atoms with van der Waals surface area (Å²) in [6, 6.07) is 6.04. The monoisotopic (exact) mass is 378 g/mol. The fourth-order valence-electron chi connectivity index (χ4n) is 2.53. The number of amides is 1. The number of alkyl halides is 4. The Kier molecular flexibility index (Phi) is 5.69. The van der Waals surface area contributed by atoms with Crippen molar-refractivity contribution >= 4 is 24.0 Å².